The Morgan fingerprint density at radius 3 is 2.48 bits per heavy atom. The number of carbonyl (C=O) groups excluding carboxylic acids is 1. The van der Waals surface area contributed by atoms with Gasteiger partial charge >= 0.3 is 0 Å². The smallest absolute Gasteiger partial charge is 0.290 e. The summed E-state index contributed by atoms with van der Waals surface area (Å²) in [7, 11) is 0. The zero-order valence-electron chi connectivity index (χ0n) is 16.0. The predicted octanol–water partition coefficient (Wildman–Crippen LogP) is 2.87. The number of benzene rings is 2. The van der Waals surface area contributed by atoms with Crippen LogP contribution in [0, 0.1) is 0 Å². The van der Waals surface area contributed by atoms with Crippen molar-refractivity contribution in [3.8, 4) is 5.69 Å². The molecule has 2 aromatic carbocycles. The third-order valence-corrected chi connectivity index (χ3v) is 4.52. The molecule has 0 spiro atoms. The maximum atomic E-state index is 12.6. The third kappa shape index (κ3) is 4.76. The van der Waals surface area contributed by atoms with Crippen molar-refractivity contribution in [2.24, 2.45) is 0 Å². The number of carbonyl (C=O) groups is 1. The van der Waals surface area contributed by atoms with E-state index >= 15 is 0 Å². The molecule has 0 fully saturated rings. The lowest BCUT2D eigenvalue weighted by Crippen LogP contribution is -2.26. The second-order valence-corrected chi connectivity index (χ2v) is 6.67. The number of imidazole rings is 1. The number of hydrogen-bond donors (Lipinski definition) is 1. The Bertz CT molecular complexity index is 1040. The molecule has 0 unspecified atom stereocenters. The van der Waals surface area contributed by atoms with Crippen molar-refractivity contribution in [2.75, 3.05) is 6.54 Å². The molecule has 1 amide bonds. The highest BCUT2D eigenvalue weighted by molar-refractivity contribution is 5.90. The van der Waals surface area contributed by atoms with Crippen LogP contribution in [-0.2, 0) is 13.0 Å². The van der Waals surface area contributed by atoms with E-state index in [1.807, 2.05) is 71.4 Å². The van der Waals surface area contributed by atoms with Crippen molar-refractivity contribution in [3.63, 3.8) is 0 Å². The Morgan fingerprint density at radius 1 is 1.00 bits per heavy atom. The van der Waals surface area contributed by atoms with Crippen molar-refractivity contribution < 1.29 is 4.79 Å². The van der Waals surface area contributed by atoms with Gasteiger partial charge in [-0.15, -0.1) is 5.10 Å². The van der Waals surface area contributed by atoms with Crippen LogP contribution in [0.3, 0.4) is 0 Å². The van der Waals surface area contributed by atoms with Crippen LogP contribution in [-0.4, -0.2) is 36.8 Å². The standard InChI is InChI=1S/C22H22N6O/c29-22(24-12-7-14-27-15-13-23-17-27)21-25-20(16-18-8-3-1-4-9-18)28(26-21)19-10-5-2-6-11-19/h1-6,8-11,13,15,17H,7,12,14,16H2,(H,24,29). The number of amides is 1. The number of para-hydroxylation sites is 1. The molecule has 2 aromatic heterocycles. The summed E-state index contributed by atoms with van der Waals surface area (Å²) >= 11 is 0. The van der Waals surface area contributed by atoms with Gasteiger partial charge in [-0.3, -0.25) is 4.79 Å². The van der Waals surface area contributed by atoms with Crippen LogP contribution in [0.4, 0.5) is 0 Å². The van der Waals surface area contributed by atoms with Crippen molar-refractivity contribution in [2.45, 2.75) is 19.4 Å². The van der Waals surface area contributed by atoms with Gasteiger partial charge in [0.15, 0.2) is 0 Å². The SMILES string of the molecule is O=C(NCCCn1ccnc1)c1nc(Cc2ccccc2)n(-c2ccccc2)n1. The van der Waals surface area contributed by atoms with E-state index in [9.17, 15) is 4.79 Å². The van der Waals surface area contributed by atoms with Crippen LogP contribution in [0.25, 0.3) is 5.69 Å². The summed E-state index contributed by atoms with van der Waals surface area (Å²) in [5.41, 5.74) is 1.99. The fourth-order valence-corrected chi connectivity index (χ4v) is 3.07. The first-order valence-electron chi connectivity index (χ1n) is 9.59. The second kappa shape index (κ2) is 8.97. The average molecular weight is 386 g/mol. The summed E-state index contributed by atoms with van der Waals surface area (Å²) < 4.78 is 3.72. The van der Waals surface area contributed by atoms with E-state index in [4.69, 9.17) is 0 Å². The number of rotatable bonds is 8. The quantitative estimate of drug-likeness (QED) is 0.473. The Hall–Kier alpha value is -3.74. The minimum atomic E-state index is -0.264. The highest BCUT2D eigenvalue weighted by Crippen LogP contribution is 2.14. The molecular weight excluding hydrogens is 364 g/mol. The molecule has 0 aliphatic rings. The molecule has 1 N–H and O–H groups in total. The molecule has 0 aliphatic carbocycles. The van der Waals surface area contributed by atoms with E-state index in [0.29, 0.717) is 13.0 Å². The highest BCUT2D eigenvalue weighted by Gasteiger charge is 2.17. The van der Waals surface area contributed by atoms with E-state index in [-0.39, 0.29) is 11.7 Å². The lowest BCUT2D eigenvalue weighted by Gasteiger charge is -2.05. The van der Waals surface area contributed by atoms with Crippen LogP contribution in [0.15, 0.2) is 79.4 Å². The molecule has 0 aliphatic heterocycles. The minimum absolute atomic E-state index is 0.183. The summed E-state index contributed by atoms with van der Waals surface area (Å²) in [6.45, 7) is 1.34. The van der Waals surface area contributed by atoms with Crippen LogP contribution < -0.4 is 5.32 Å². The molecule has 0 radical (unpaired) electrons. The molecule has 146 valence electrons. The predicted molar refractivity (Wildman–Crippen MR) is 110 cm³/mol. The van der Waals surface area contributed by atoms with Crippen LogP contribution in [0.2, 0.25) is 0 Å². The molecule has 7 nitrogen and oxygen atoms in total. The molecule has 0 saturated heterocycles. The third-order valence-electron chi connectivity index (χ3n) is 4.52. The lowest BCUT2D eigenvalue weighted by molar-refractivity contribution is 0.0942. The molecule has 0 bridgehead atoms. The summed E-state index contributed by atoms with van der Waals surface area (Å²) in [6.07, 6.45) is 6.81. The monoisotopic (exact) mass is 386 g/mol. The van der Waals surface area contributed by atoms with Crippen molar-refractivity contribution in [1.29, 1.82) is 0 Å². The van der Waals surface area contributed by atoms with Gasteiger partial charge in [0.25, 0.3) is 5.91 Å². The number of aromatic nitrogens is 5. The molecule has 4 aromatic rings. The van der Waals surface area contributed by atoms with Gasteiger partial charge in [-0.25, -0.2) is 14.6 Å². The fraction of sp³-hybridized carbons (Fsp3) is 0.182. The van der Waals surface area contributed by atoms with Crippen LogP contribution >= 0.6 is 0 Å². The molecule has 4 rings (SSSR count). The number of hydrogen-bond acceptors (Lipinski definition) is 4. The summed E-state index contributed by atoms with van der Waals surface area (Å²) in [4.78, 5) is 21.1. The number of nitrogens with zero attached hydrogens (tertiary/aromatic N) is 5. The van der Waals surface area contributed by atoms with Crippen molar-refractivity contribution >= 4 is 5.91 Å². The zero-order valence-corrected chi connectivity index (χ0v) is 16.0. The van der Waals surface area contributed by atoms with Gasteiger partial charge in [0.1, 0.15) is 5.82 Å². The van der Waals surface area contributed by atoms with Crippen molar-refractivity contribution in [1.82, 2.24) is 29.6 Å². The van der Waals surface area contributed by atoms with E-state index in [2.05, 4.69) is 20.4 Å². The van der Waals surface area contributed by atoms with Crippen molar-refractivity contribution in [3.05, 3.63) is 96.6 Å². The maximum Gasteiger partial charge on any atom is 0.290 e. The van der Waals surface area contributed by atoms with Crippen LogP contribution in [0.1, 0.15) is 28.4 Å². The summed E-state index contributed by atoms with van der Waals surface area (Å²) in [6, 6.07) is 19.8. The topological polar surface area (TPSA) is 77.6 Å². The molecule has 2 heterocycles. The lowest BCUT2D eigenvalue weighted by atomic mass is 10.1. The zero-order chi connectivity index (χ0) is 19.9. The molecule has 0 saturated carbocycles. The van der Waals surface area contributed by atoms with Crippen LogP contribution in [0.5, 0.6) is 0 Å². The Balaban J connectivity index is 1.48. The van der Waals surface area contributed by atoms with E-state index in [0.717, 1.165) is 30.0 Å². The van der Waals surface area contributed by atoms with E-state index in [1.165, 1.54) is 0 Å². The first kappa shape index (κ1) is 18.6. The minimum Gasteiger partial charge on any atom is -0.349 e. The highest BCUT2D eigenvalue weighted by atomic mass is 16.2. The van der Waals surface area contributed by atoms with Gasteiger partial charge in [0.2, 0.25) is 5.82 Å². The Labute approximate surface area is 169 Å². The second-order valence-electron chi connectivity index (χ2n) is 6.67. The number of aryl methyl sites for hydroxylation is 1. The largest absolute Gasteiger partial charge is 0.349 e. The normalized spacial score (nSPS) is 10.8. The first-order chi connectivity index (χ1) is 14.3. The average Bonchev–Trinajstić information content (AvgIpc) is 3.43. The Morgan fingerprint density at radius 2 is 1.76 bits per heavy atom. The number of nitrogens with one attached hydrogen (secondary N) is 1. The van der Waals surface area contributed by atoms with Gasteiger partial charge in [0.05, 0.1) is 12.0 Å². The fourth-order valence-electron chi connectivity index (χ4n) is 3.07. The van der Waals surface area contributed by atoms with E-state index in [1.54, 1.807) is 17.2 Å². The van der Waals surface area contributed by atoms with Gasteiger partial charge in [-0.1, -0.05) is 48.5 Å². The molecule has 29 heavy (non-hydrogen) atoms. The van der Waals surface area contributed by atoms with Gasteiger partial charge in [-0.05, 0) is 24.1 Å². The molecule has 7 heteroatoms. The maximum absolute atomic E-state index is 12.6. The first-order valence-corrected chi connectivity index (χ1v) is 9.59. The molecular formula is C22H22N6O. The van der Waals surface area contributed by atoms with Gasteiger partial charge in [0, 0.05) is 31.9 Å². The van der Waals surface area contributed by atoms with Gasteiger partial charge < -0.3 is 9.88 Å². The van der Waals surface area contributed by atoms with Gasteiger partial charge in [-0.2, -0.15) is 0 Å². The summed E-state index contributed by atoms with van der Waals surface area (Å²) in [5.74, 6) is 0.646. The van der Waals surface area contributed by atoms with E-state index < -0.39 is 0 Å². The molecule has 0 atom stereocenters. The summed E-state index contributed by atoms with van der Waals surface area (Å²) in [5, 5.41) is 7.39. The Kier molecular flexibility index (Phi) is 5.76.